The minimum absolute atomic E-state index is 0.858. The van der Waals surface area contributed by atoms with Crippen molar-refractivity contribution in [2.45, 2.75) is 0 Å². The number of pyridine rings is 1. The number of rotatable bonds is 3. The summed E-state index contributed by atoms with van der Waals surface area (Å²) in [6.45, 7) is 0. The van der Waals surface area contributed by atoms with E-state index in [0.717, 1.165) is 32.4 Å². The summed E-state index contributed by atoms with van der Waals surface area (Å²) in [5, 5.41) is 10.2. The van der Waals surface area contributed by atoms with Gasteiger partial charge < -0.3 is 5.32 Å². The molecule has 0 aliphatic carbocycles. The molecule has 0 fully saturated rings. The molecule has 0 amide bonds. The van der Waals surface area contributed by atoms with Crippen LogP contribution in [0.2, 0.25) is 0 Å². The minimum atomic E-state index is 0.858. The van der Waals surface area contributed by atoms with Crippen LogP contribution in [0.5, 0.6) is 0 Å². The van der Waals surface area contributed by atoms with Crippen molar-refractivity contribution < 1.29 is 0 Å². The lowest BCUT2D eigenvalue weighted by Crippen LogP contribution is -1.91. The molecule has 1 N–H and O–H groups in total. The summed E-state index contributed by atoms with van der Waals surface area (Å²) < 4.78 is 0. The predicted molar refractivity (Wildman–Crippen MR) is 88.2 cm³/mol. The number of benzene rings is 1. The van der Waals surface area contributed by atoms with Gasteiger partial charge in [0.15, 0.2) is 5.13 Å². The Bertz CT molecular complexity index is 878. The zero-order valence-electron chi connectivity index (χ0n) is 10.9. The van der Waals surface area contributed by atoms with E-state index in [2.05, 4.69) is 26.3 Å². The van der Waals surface area contributed by atoms with Crippen LogP contribution in [0, 0.1) is 0 Å². The molecular weight excluding hydrogens is 300 g/mol. The molecule has 6 heteroatoms. The second-order valence-corrected chi connectivity index (χ2v) is 6.13. The maximum Gasteiger partial charge on any atom is 0.187 e. The Balaban J connectivity index is 1.69. The van der Waals surface area contributed by atoms with E-state index in [1.807, 2.05) is 35.0 Å². The van der Waals surface area contributed by atoms with Gasteiger partial charge in [0.2, 0.25) is 0 Å². The molecule has 4 aromatic rings. The van der Waals surface area contributed by atoms with Gasteiger partial charge in [0.05, 0.1) is 5.52 Å². The highest BCUT2D eigenvalue weighted by Crippen LogP contribution is 2.30. The average Bonchev–Trinajstić information content (AvgIpc) is 3.18. The quantitative estimate of drug-likeness (QED) is 0.603. The molecule has 3 aromatic heterocycles. The van der Waals surface area contributed by atoms with Gasteiger partial charge in [0.25, 0.3) is 0 Å². The van der Waals surface area contributed by atoms with Gasteiger partial charge in [-0.15, -0.1) is 22.7 Å². The summed E-state index contributed by atoms with van der Waals surface area (Å²) in [4.78, 5) is 13.2. The third kappa shape index (κ3) is 2.39. The fraction of sp³-hybridized carbons (Fsp3) is 0. The van der Waals surface area contributed by atoms with Gasteiger partial charge in [0, 0.05) is 34.2 Å². The molecule has 0 unspecified atom stereocenters. The number of hydrogen-bond donors (Lipinski definition) is 1. The van der Waals surface area contributed by atoms with Crippen molar-refractivity contribution in [1.82, 2.24) is 15.0 Å². The van der Waals surface area contributed by atoms with Crippen molar-refractivity contribution in [3.05, 3.63) is 53.5 Å². The standard InChI is InChI=1S/C15H10N4S2/c1-4-11-10(3-2-6-16-11)12(5-1)18-15-19-13(9-21-15)14-17-7-8-20-14/h1-9H,(H,18,19). The SMILES string of the molecule is c1cc(Nc2nc(-c3nccs3)cs2)c2cccnc2c1. The number of nitrogens with one attached hydrogen (secondary N) is 1. The molecule has 21 heavy (non-hydrogen) atoms. The second-order valence-electron chi connectivity index (χ2n) is 4.38. The zero-order valence-corrected chi connectivity index (χ0v) is 12.5. The van der Waals surface area contributed by atoms with E-state index in [1.165, 1.54) is 0 Å². The van der Waals surface area contributed by atoms with Crippen LogP contribution in [0.1, 0.15) is 0 Å². The van der Waals surface area contributed by atoms with E-state index >= 15 is 0 Å². The summed E-state index contributed by atoms with van der Waals surface area (Å²) >= 11 is 3.17. The van der Waals surface area contributed by atoms with Crippen LogP contribution in [-0.4, -0.2) is 15.0 Å². The van der Waals surface area contributed by atoms with Gasteiger partial charge in [-0.3, -0.25) is 4.98 Å². The lowest BCUT2D eigenvalue weighted by molar-refractivity contribution is 1.34. The summed E-state index contributed by atoms with van der Waals surface area (Å²) in [5.41, 5.74) is 2.90. The zero-order chi connectivity index (χ0) is 14.1. The number of fused-ring (bicyclic) bond motifs is 1. The van der Waals surface area contributed by atoms with Gasteiger partial charge in [-0.2, -0.15) is 0 Å². The van der Waals surface area contributed by atoms with Crippen LogP contribution in [0.15, 0.2) is 53.5 Å². The highest BCUT2D eigenvalue weighted by Gasteiger charge is 2.08. The minimum Gasteiger partial charge on any atom is -0.331 e. The largest absolute Gasteiger partial charge is 0.331 e. The molecule has 1 aromatic carbocycles. The Morgan fingerprint density at radius 3 is 2.86 bits per heavy atom. The Morgan fingerprint density at radius 1 is 0.952 bits per heavy atom. The summed E-state index contributed by atoms with van der Waals surface area (Å²) in [5.74, 6) is 0. The molecule has 0 saturated carbocycles. The van der Waals surface area contributed by atoms with Crippen LogP contribution in [0.3, 0.4) is 0 Å². The second kappa shape index (κ2) is 5.23. The van der Waals surface area contributed by atoms with Crippen LogP contribution < -0.4 is 5.32 Å². The van der Waals surface area contributed by atoms with Gasteiger partial charge in [-0.25, -0.2) is 9.97 Å². The average molecular weight is 310 g/mol. The van der Waals surface area contributed by atoms with Crippen molar-refractivity contribution in [2.24, 2.45) is 0 Å². The van der Waals surface area contributed by atoms with Crippen molar-refractivity contribution in [3.63, 3.8) is 0 Å². The summed E-state index contributed by atoms with van der Waals surface area (Å²) in [6, 6.07) is 10.0. The first kappa shape index (κ1) is 12.4. The number of hydrogen-bond acceptors (Lipinski definition) is 6. The Morgan fingerprint density at radius 2 is 1.95 bits per heavy atom. The molecule has 0 radical (unpaired) electrons. The van der Waals surface area contributed by atoms with Crippen molar-refractivity contribution in [1.29, 1.82) is 0 Å². The van der Waals surface area contributed by atoms with E-state index in [9.17, 15) is 0 Å². The number of thiazole rings is 2. The molecule has 4 nitrogen and oxygen atoms in total. The molecule has 4 rings (SSSR count). The highest BCUT2D eigenvalue weighted by molar-refractivity contribution is 7.15. The topological polar surface area (TPSA) is 50.7 Å². The van der Waals surface area contributed by atoms with Crippen molar-refractivity contribution in [3.8, 4) is 10.7 Å². The van der Waals surface area contributed by atoms with Gasteiger partial charge >= 0.3 is 0 Å². The van der Waals surface area contributed by atoms with Crippen LogP contribution in [-0.2, 0) is 0 Å². The van der Waals surface area contributed by atoms with E-state index in [1.54, 1.807) is 35.1 Å². The molecule has 0 saturated heterocycles. The Labute approximate surface area is 129 Å². The molecule has 0 aliphatic heterocycles. The third-order valence-electron chi connectivity index (χ3n) is 3.04. The molecule has 0 bridgehead atoms. The Hall–Kier alpha value is -2.31. The maximum atomic E-state index is 4.59. The predicted octanol–water partition coefficient (Wildman–Crippen LogP) is 4.56. The van der Waals surface area contributed by atoms with Crippen molar-refractivity contribution >= 4 is 44.4 Å². The molecular formula is C15H10N4S2. The van der Waals surface area contributed by atoms with Crippen LogP contribution in [0.4, 0.5) is 10.8 Å². The van der Waals surface area contributed by atoms with Crippen LogP contribution >= 0.6 is 22.7 Å². The highest BCUT2D eigenvalue weighted by atomic mass is 32.1. The smallest absolute Gasteiger partial charge is 0.187 e. The fourth-order valence-corrected chi connectivity index (χ4v) is 3.49. The lowest BCUT2D eigenvalue weighted by atomic mass is 10.2. The summed E-state index contributed by atoms with van der Waals surface area (Å²) in [6.07, 6.45) is 3.60. The maximum absolute atomic E-state index is 4.59. The first-order valence-corrected chi connectivity index (χ1v) is 8.12. The first-order chi connectivity index (χ1) is 10.4. The molecule has 0 aliphatic rings. The van der Waals surface area contributed by atoms with Gasteiger partial charge in [-0.1, -0.05) is 6.07 Å². The number of nitrogens with zero attached hydrogens (tertiary/aromatic N) is 3. The summed E-state index contributed by atoms with van der Waals surface area (Å²) in [7, 11) is 0. The first-order valence-electron chi connectivity index (χ1n) is 6.36. The fourth-order valence-electron chi connectivity index (χ4n) is 2.11. The molecule has 0 atom stereocenters. The molecule has 102 valence electrons. The van der Waals surface area contributed by atoms with E-state index in [0.29, 0.717) is 0 Å². The monoisotopic (exact) mass is 310 g/mol. The van der Waals surface area contributed by atoms with Gasteiger partial charge in [0.1, 0.15) is 10.7 Å². The van der Waals surface area contributed by atoms with E-state index in [-0.39, 0.29) is 0 Å². The third-order valence-corrected chi connectivity index (χ3v) is 4.60. The van der Waals surface area contributed by atoms with Crippen LogP contribution in [0.25, 0.3) is 21.6 Å². The van der Waals surface area contributed by atoms with E-state index in [4.69, 9.17) is 0 Å². The number of anilines is 2. The molecule has 0 spiro atoms. The van der Waals surface area contributed by atoms with Gasteiger partial charge in [-0.05, 0) is 24.3 Å². The Kier molecular flexibility index (Phi) is 3.10. The van der Waals surface area contributed by atoms with Crippen molar-refractivity contribution in [2.75, 3.05) is 5.32 Å². The van der Waals surface area contributed by atoms with E-state index < -0.39 is 0 Å². The number of aromatic nitrogens is 3. The lowest BCUT2D eigenvalue weighted by Gasteiger charge is -2.06. The molecule has 3 heterocycles. The normalized spacial score (nSPS) is 10.9.